The van der Waals surface area contributed by atoms with E-state index in [4.69, 9.17) is 0 Å². The number of aryl methyl sites for hydroxylation is 2. The van der Waals surface area contributed by atoms with Gasteiger partial charge in [0.05, 0.1) is 16.0 Å². The summed E-state index contributed by atoms with van der Waals surface area (Å²) in [5, 5.41) is 12.2. The summed E-state index contributed by atoms with van der Waals surface area (Å²) in [4.78, 5) is 25.4. The average molecular weight is 372 g/mol. The molecule has 0 saturated heterocycles. The molecule has 1 N–H and O–H groups in total. The SMILES string of the molecule is Cl.O=[N+]([O-])c1ccc2c(c1)N(c1ncnc3[nH]c4c(c13)CCCC4)CC2. The molecule has 8 heteroatoms. The molecule has 7 nitrogen and oxygen atoms in total. The van der Waals surface area contributed by atoms with Crippen LogP contribution in [0.1, 0.15) is 29.7 Å². The topological polar surface area (TPSA) is 87.9 Å². The molecule has 3 aromatic rings. The fourth-order valence-corrected chi connectivity index (χ4v) is 4.12. The van der Waals surface area contributed by atoms with Crippen LogP contribution in [-0.4, -0.2) is 26.4 Å². The quantitative estimate of drug-likeness (QED) is 0.545. The number of fused-ring (bicyclic) bond motifs is 4. The molecule has 0 unspecified atom stereocenters. The minimum atomic E-state index is -0.343. The minimum Gasteiger partial charge on any atom is -0.343 e. The highest BCUT2D eigenvalue weighted by Crippen LogP contribution is 2.40. The number of halogens is 1. The van der Waals surface area contributed by atoms with Crippen LogP contribution >= 0.6 is 12.4 Å². The Morgan fingerprint density at radius 3 is 2.85 bits per heavy atom. The van der Waals surface area contributed by atoms with E-state index in [1.807, 2.05) is 6.07 Å². The molecule has 1 aliphatic heterocycles. The van der Waals surface area contributed by atoms with Gasteiger partial charge in [-0.25, -0.2) is 9.97 Å². The molecular formula is C18H18ClN5O2. The first-order valence-electron chi connectivity index (χ1n) is 8.61. The molecule has 0 atom stereocenters. The third kappa shape index (κ3) is 2.42. The molecule has 0 radical (unpaired) electrons. The van der Waals surface area contributed by atoms with Crippen molar-refractivity contribution in [1.82, 2.24) is 15.0 Å². The molecule has 0 amide bonds. The van der Waals surface area contributed by atoms with E-state index in [2.05, 4.69) is 19.9 Å². The number of nitrogens with zero attached hydrogens (tertiary/aromatic N) is 4. The Hall–Kier alpha value is -2.67. The van der Waals surface area contributed by atoms with Gasteiger partial charge in [0.1, 0.15) is 17.8 Å². The Bertz CT molecular complexity index is 1020. The number of H-pyrrole nitrogens is 1. The summed E-state index contributed by atoms with van der Waals surface area (Å²) >= 11 is 0. The molecule has 134 valence electrons. The Kier molecular flexibility index (Phi) is 4.03. The van der Waals surface area contributed by atoms with Gasteiger partial charge in [0.25, 0.3) is 5.69 Å². The molecule has 0 spiro atoms. The lowest BCUT2D eigenvalue weighted by atomic mass is 9.96. The largest absolute Gasteiger partial charge is 0.343 e. The van der Waals surface area contributed by atoms with Crippen molar-refractivity contribution in [3.05, 3.63) is 51.5 Å². The third-order valence-electron chi connectivity index (χ3n) is 5.30. The molecule has 3 heterocycles. The molecule has 0 saturated carbocycles. The Balaban J connectivity index is 0.00000168. The number of aromatic nitrogens is 3. The van der Waals surface area contributed by atoms with Crippen LogP contribution in [0, 0.1) is 10.1 Å². The first-order valence-corrected chi connectivity index (χ1v) is 8.61. The number of aromatic amines is 1. The zero-order chi connectivity index (χ0) is 17.0. The maximum absolute atomic E-state index is 11.2. The van der Waals surface area contributed by atoms with Gasteiger partial charge in [-0.3, -0.25) is 10.1 Å². The summed E-state index contributed by atoms with van der Waals surface area (Å²) in [7, 11) is 0. The average Bonchev–Trinajstić information content (AvgIpc) is 3.22. The molecule has 0 bridgehead atoms. The van der Waals surface area contributed by atoms with Crippen molar-refractivity contribution in [1.29, 1.82) is 0 Å². The number of benzene rings is 1. The molecular weight excluding hydrogens is 354 g/mol. The number of anilines is 2. The standard InChI is InChI=1S/C18H17N5O2.ClH/c24-23(25)12-6-5-11-7-8-22(15(11)9-12)18-16-13-3-1-2-4-14(13)21-17(16)19-10-20-18;/h5-6,9-10H,1-4,7-8H2,(H,19,20,21);1H. The highest BCUT2D eigenvalue weighted by molar-refractivity contribution is 5.95. The van der Waals surface area contributed by atoms with Gasteiger partial charge in [0.2, 0.25) is 0 Å². The molecule has 26 heavy (non-hydrogen) atoms. The van der Waals surface area contributed by atoms with Gasteiger partial charge in [-0.15, -0.1) is 12.4 Å². The normalized spacial score (nSPS) is 15.5. The van der Waals surface area contributed by atoms with Crippen molar-refractivity contribution in [2.45, 2.75) is 32.1 Å². The van der Waals surface area contributed by atoms with E-state index >= 15 is 0 Å². The highest BCUT2D eigenvalue weighted by atomic mass is 35.5. The van der Waals surface area contributed by atoms with Crippen molar-refractivity contribution in [3.63, 3.8) is 0 Å². The lowest BCUT2D eigenvalue weighted by Gasteiger charge is -2.20. The molecule has 1 aromatic carbocycles. The van der Waals surface area contributed by atoms with Crippen molar-refractivity contribution in [2.24, 2.45) is 0 Å². The number of nitrogens with one attached hydrogen (secondary N) is 1. The second-order valence-electron chi connectivity index (χ2n) is 6.68. The first-order chi connectivity index (χ1) is 12.2. The van der Waals surface area contributed by atoms with Crippen LogP contribution in [-0.2, 0) is 19.3 Å². The molecule has 5 rings (SSSR count). The van der Waals surface area contributed by atoms with Gasteiger partial charge < -0.3 is 9.88 Å². The Morgan fingerprint density at radius 2 is 2.00 bits per heavy atom. The molecule has 1 aliphatic carbocycles. The van der Waals surface area contributed by atoms with Gasteiger partial charge in [-0.05, 0) is 43.2 Å². The maximum Gasteiger partial charge on any atom is 0.271 e. The van der Waals surface area contributed by atoms with Crippen LogP contribution in [0.3, 0.4) is 0 Å². The zero-order valence-electron chi connectivity index (χ0n) is 14.1. The van der Waals surface area contributed by atoms with Crippen LogP contribution < -0.4 is 4.90 Å². The minimum absolute atomic E-state index is 0. The van der Waals surface area contributed by atoms with E-state index in [1.165, 1.54) is 24.1 Å². The van der Waals surface area contributed by atoms with E-state index in [0.29, 0.717) is 0 Å². The monoisotopic (exact) mass is 371 g/mol. The fourth-order valence-electron chi connectivity index (χ4n) is 4.12. The summed E-state index contributed by atoms with van der Waals surface area (Å²) < 4.78 is 0. The molecule has 0 fully saturated rings. The number of hydrogen-bond donors (Lipinski definition) is 1. The fraction of sp³-hybridized carbons (Fsp3) is 0.333. The second-order valence-corrected chi connectivity index (χ2v) is 6.68. The van der Waals surface area contributed by atoms with Crippen LogP contribution in [0.2, 0.25) is 0 Å². The van der Waals surface area contributed by atoms with Gasteiger partial charge in [0.15, 0.2) is 0 Å². The van der Waals surface area contributed by atoms with Crippen LogP contribution in [0.4, 0.5) is 17.2 Å². The van der Waals surface area contributed by atoms with Crippen LogP contribution in [0.25, 0.3) is 11.0 Å². The Labute approximate surface area is 156 Å². The van der Waals surface area contributed by atoms with Gasteiger partial charge in [-0.1, -0.05) is 6.07 Å². The summed E-state index contributed by atoms with van der Waals surface area (Å²) in [6.45, 7) is 0.780. The summed E-state index contributed by atoms with van der Waals surface area (Å²) in [5.41, 5.74) is 5.58. The number of non-ortho nitro benzene ring substituents is 1. The van der Waals surface area contributed by atoms with E-state index < -0.39 is 0 Å². The van der Waals surface area contributed by atoms with E-state index in [0.717, 1.165) is 53.9 Å². The van der Waals surface area contributed by atoms with Crippen molar-refractivity contribution in [2.75, 3.05) is 11.4 Å². The highest BCUT2D eigenvalue weighted by Gasteiger charge is 2.28. The van der Waals surface area contributed by atoms with E-state index in [-0.39, 0.29) is 23.0 Å². The third-order valence-corrected chi connectivity index (χ3v) is 5.30. The maximum atomic E-state index is 11.2. The number of nitro benzene ring substituents is 1. The van der Waals surface area contributed by atoms with Crippen LogP contribution in [0.15, 0.2) is 24.5 Å². The lowest BCUT2D eigenvalue weighted by molar-refractivity contribution is -0.384. The van der Waals surface area contributed by atoms with Gasteiger partial charge >= 0.3 is 0 Å². The molecule has 2 aliphatic rings. The van der Waals surface area contributed by atoms with Crippen LogP contribution in [0.5, 0.6) is 0 Å². The number of nitro groups is 1. The summed E-state index contributed by atoms with van der Waals surface area (Å²) in [5.74, 6) is 0.864. The first kappa shape index (κ1) is 16.8. The van der Waals surface area contributed by atoms with Gasteiger partial charge in [0, 0.05) is 24.4 Å². The zero-order valence-corrected chi connectivity index (χ0v) is 14.9. The van der Waals surface area contributed by atoms with Gasteiger partial charge in [-0.2, -0.15) is 0 Å². The lowest BCUT2D eigenvalue weighted by Crippen LogP contribution is -2.16. The van der Waals surface area contributed by atoms with E-state index in [9.17, 15) is 10.1 Å². The van der Waals surface area contributed by atoms with Crippen molar-refractivity contribution in [3.8, 4) is 0 Å². The smallest absolute Gasteiger partial charge is 0.271 e. The predicted molar refractivity (Wildman–Crippen MR) is 102 cm³/mol. The molecule has 2 aromatic heterocycles. The number of hydrogen-bond acceptors (Lipinski definition) is 5. The van der Waals surface area contributed by atoms with Crippen molar-refractivity contribution >= 4 is 40.6 Å². The summed E-state index contributed by atoms with van der Waals surface area (Å²) in [6.07, 6.45) is 6.90. The number of rotatable bonds is 2. The second kappa shape index (κ2) is 6.25. The predicted octanol–water partition coefficient (Wildman–Crippen LogP) is 3.86. The Morgan fingerprint density at radius 1 is 1.15 bits per heavy atom. The van der Waals surface area contributed by atoms with Crippen molar-refractivity contribution < 1.29 is 4.92 Å². The van der Waals surface area contributed by atoms with E-state index in [1.54, 1.807) is 18.5 Å². The summed E-state index contributed by atoms with van der Waals surface area (Å²) in [6, 6.07) is 5.10.